The van der Waals surface area contributed by atoms with Gasteiger partial charge in [0, 0.05) is 32.3 Å². The summed E-state index contributed by atoms with van der Waals surface area (Å²) < 4.78 is 23.4. The highest BCUT2D eigenvalue weighted by molar-refractivity contribution is 5.48. The van der Waals surface area contributed by atoms with Crippen LogP contribution in [-0.2, 0) is 29.1 Å². The van der Waals surface area contributed by atoms with Crippen LogP contribution >= 0.6 is 0 Å². The predicted octanol–water partition coefficient (Wildman–Crippen LogP) is 6.40. The fraction of sp³-hybridized carbons (Fsp3) is 0.333. The minimum absolute atomic E-state index is 0.382. The molecule has 186 valence electrons. The monoisotopic (exact) mass is 476 g/mol. The summed E-state index contributed by atoms with van der Waals surface area (Å²) >= 11 is 0. The third-order valence-corrected chi connectivity index (χ3v) is 5.82. The second kappa shape index (κ2) is 14.3. The molecule has 0 aliphatic rings. The normalized spacial score (nSPS) is 11.9. The Morgan fingerprint density at radius 2 is 1.46 bits per heavy atom. The average molecular weight is 477 g/mol. The molecule has 1 atom stereocenters. The van der Waals surface area contributed by atoms with Gasteiger partial charge in [0.2, 0.25) is 0 Å². The number of unbranched alkanes of at least 4 members (excludes halogenated alkanes) is 1. The van der Waals surface area contributed by atoms with Crippen LogP contribution in [0.15, 0.2) is 85.5 Å². The average Bonchev–Trinajstić information content (AvgIpc) is 2.90. The molecule has 0 aliphatic carbocycles. The van der Waals surface area contributed by atoms with Crippen molar-refractivity contribution in [2.24, 2.45) is 0 Å². The molecule has 3 rings (SSSR count). The largest absolute Gasteiger partial charge is 0.489 e. The predicted molar refractivity (Wildman–Crippen MR) is 139 cm³/mol. The van der Waals surface area contributed by atoms with E-state index in [0.29, 0.717) is 37.6 Å². The summed E-state index contributed by atoms with van der Waals surface area (Å²) in [6.45, 7) is 4.60. The third kappa shape index (κ3) is 8.25. The van der Waals surface area contributed by atoms with E-state index in [0.717, 1.165) is 35.1 Å². The number of aliphatic hydroxyl groups is 1. The van der Waals surface area contributed by atoms with Crippen molar-refractivity contribution in [3.8, 4) is 11.5 Å². The number of benzene rings is 3. The van der Waals surface area contributed by atoms with E-state index in [2.05, 4.69) is 6.58 Å². The van der Waals surface area contributed by atoms with Crippen molar-refractivity contribution < 1.29 is 24.1 Å². The molecule has 0 aliphatic heterocycles. The molecular formula is C30H36O5. The van der Waals surface area contributed by atoms with Crippen LogP contribution in [0.25, 0.3) is 0 Å². The molecule has 0 fully saturated rings. The van der Waals surface area contributed by atoms with E-state index in [1.54, 1.807) is 14.2 Å². The molecule has 0 saturated carbocycles. The lowest BCUT2D eigenvalue weighted by atomic mass is 9.94. The van der Waals surface area contributed by atoms with Crippen LogP contribution in [0, 0.1) is 0 Å². The van der Waals surface area contributed by atoms with Gasteiger partial charge < -0.3 is 24.1 Å². The van der Waals surface area contributed by atoms with E-state index in [-0.39, 0.29) is 0 Å². The van der Waals surface area contributed by atoms with Crippen molar-refractivity contribution in [2.75, 3.05) is 14.2 Å². The maximum absolute atomic E-state index is 11.2. The van der Waals surface area contributed by atoms with Gasteiger partial charge in [-0.1, -0.05) is 66.7 Å². The SMILES string of the molecule is C=CCCCC(O)c1c(CC(OC)OC)cc(OCc2ccccc2)cc1OCc1ccccc1. The Kier molecular flexibility index (Phi) is 10.8. The van der Waals surface area contributed by atoms with E-state index in [1.165, 1.54) is 0 Å². The number of hydrogen-bond acceptors (Lipinski definition) is 5. The molecule has 1 N–H and O–H groups in total. The molecule has 0 bridgehead atoms. The van der Waals surface area contributed by atoms with Gasteiger partial charge in [-0.2, -0.15) is 0 Å². The minimum atomic E-state index is -0.701. The van der Waals surface area contributed by atoms with E-state index in [4.69, 9.17) is 18.9 Å². The molecular weight excluding hydrogens is 440 g/mol. The topological polar surface area (TPSA) is 57.2 Å². The number of hydrogen-bond donors (Lipinski definition) is 1. The number of ether oxygens (including phenoxy) is 4. The lowest BCUT2D eigenvalue weighted by Gasteiger charge is -2.23. The summed E-state index contributed by atoms with van der Waals surface area (Å²) in [4.78, 5) is 0. The molecule has 0 amide bonds. The molecule has 3 aromatic carbocycles. The van der Waals surface area contributed by atoms with Crippen LogP contribution in [-0.4, -0.2) is 25.6 Å². The number of rotatable bonds is 15. The fourth-order valence-electron chi connectivity index (χ4n) is 3.92. The molecule has 0 aromatic heterocycles. The Balaban J connectivity index is 1.96. The summed E-state index contributed by atoms with van der Waals surface area (Å²) in [6.07, 6.45) is 3.41. The summed E-state index contributed by atoms with van der Waals surface area (Å²) in [5.41, 5.74) is 3.74. The first-order chi connectivity index (χ1) is 17.1. The molecule has 3 aromatic rings. The first kappa shape index (κ1) is 26.5. The summed E-state index contributed by atoms with van der Waals surface area (Å²) in [5, 5.41) is 11.2. The zero-order valence-corrected chi connectivity index (χ0v) is 20.7. The highest BCUT2D eigenvalue weighted by atomic mass is 16.7. The van der Waals surface area contributed by atoms with Crippen molar-refractivity contribution in [1.29, 1.82) is 0 Å². The zero-order chi connectivity index (χ0) is 24.9. The number of methoxy groups -OCH3 is 2. The Labute approximate surface area is 208 Å². The molecule has 35 heavy (non-hydrogen) atoms. The molecule has 0 radical (unpaired) electrons. The van der Waals surface area contributed by atoms with Crippen LogP contribution in [0.2, 0.25) is 0 Å². The Morgan fingerprint density at radius 1 is 0.857 bits per heavy atom. The van der Waals surface area contributed by atoms with Gasteiger partial charge in [-0.25, -0.2) is 0 Å². The fourth-order valence-corrected chi connectivity index (χ4v) is 3.92. The standard InChI is InChI=1S/C30H36O5/c1-4-5-8-17-27(31)30-25(19-29(32-2)33-3)18-26(34-21-23-13-9-6-10-14-23)20-28(30)35-22-24-15-11-7-12-16-24/h4,6-7,9-16,18,20,27,29,31H,1,5,8,17,19,21-22H2,2-3H3. The maximum atomic E-state index is 11.2. The van der Waals surface area contributed by atoms with Crippen molar-refractivity contribution in [3.05, 3.63) is 108 Å². The minimum Gasteiger partial charge on any atom is -0.489 e. The van der Waals surface area contributed by atoms with Crippen LogP contribution in [0.4, 0.5) is 0 Å². The number of allylic oxidation sites excluding steroid dienone is 1. The van der Waals surface area contributed by atoms with Gasteiger partial charge in [0.05, 0.1) is 6.10 Å². The molecule has 0 heterocycles. The third-order valence-electron chi connectivity index (χ3n) is 5.82. The first-order valence-electron chi connectivity index (χ1n) is 12.0. The smallest absolute Gasteiger partial charge is 0.160 e. The van der Waals surface area contributed by atoms with Gasteiger partial charge in [0.25, 0.3) is 0 Å². The summed E-state index contributed by atoms with van der Waals surface area (Å²) in [6, 6.07) is 23.8. The van der Waals surface area contributed by atoms with Crippen molar-refractivity contribution in [3.63, 3.8) is 0 Å². The first-order valence-corrected chi connectivity index (χ1v) is 12.0. The summed E-state index contributed by atoms with van der Waals surface area (Å²) in [5.74, 6) is 1.27. The van der Waals surface area contributed by atoms with Gasteiger partial charge >= 0.3 is 0 Å². The summed E-state index contributed by atoms with van der Waals surface area (Å²) in [7, 11) is 3.22. The maximum Gasteiger partial charge on any atom is 0.160 e. The van der Waals surface area contributed by atoms with E-state index in [1.807, 2.05) is 78.9 Å². The number of aliphatic hydroxyl groups excluding tert-OH is 1. The van der Waals surface area contributed by atoms with Crippen LogP contribution in [0.3, 0.4) is 0 Å². The van der Waals surface area contributed by atoms with Crippen LogP contribution in [0.5, 0.6) is 11.5 Å². The Hall–Kier alpha value is -3.12. The van der Waals surface area contributed by atoms with Gasteiger partial charge in [0.15, 0.2) is 6.29 Å². The van der Waals surface area contributed by atoms with E-state index >= 15 is 0 Å². The lowest BCUT2D eigenvalue weighted by Crippen LogP contribution is -2.18. The molecule has 1 unspecified atom stereocenters. The highest BCUT2D eigenvalue weighted by Crippen LogP contribution is 2.37. The van der Waals surface area contributed by atoms with Crippen molar-refractivity contribution >= 4 is 0 Å². The molecule has 5 heteroatoms. The van der Waals surface area contributed by atoms with Gasteiger partial charge in [-0.05, 0) is 42.0 Å². The van der Waals surface area contributed by atoms with Gasteiger partial charge in [0.1, 0.15) is 24.7 Å². The Morgan fingerprint density at radius 3 is 2.03 bits per heavy atom. The molecule has 5 nitrogen and oxygen atoms in total. The van der Waals surface area contributed by atoms with Crippen LogP contribution < -0.4 is 9.47 Å². The second-order valence-electron chi connectivity index (χ2n) is 8.38. The van der Waals surface area contributed by atoms with Gasteiger partial charge in [-0.15, -0.1) is 6.58 Å². The molecule has 0 saturated heterocycles. The quantitative estimate of drug-likeness (QED) is 0.156. The molecule has 0 spiro atoms. The second-order valence-corrected chi connectivity index (χ2v) is 8.38. The highest BCUT2D eigenvalue weighted by Gasteiger charge is 2.23. The lowest BCUT2D eigenvalue weighted by molar-refractivity contribution is -0.101. The van der Waals surface area contributed by atoms with Crippen molar-refractivity contribution in [1.82, 2.24) is 0 Å². The Bertz CT molecular complexity index is 1020. The zero-order valence-electron chi connectivity index (χ0n) is 20.7. The van der Waals surface area contributed by atoms with Gasteiger partial charge in [-0.3, -0.25) is 0 Å². The van der Waals surface area contributed by atoms with Crippen LogP contribution in [0.1, 0.15) is 47.6 Å². The van der Waals surface area contributed by atoms with Crippen molar-refractivity contribution in [2.45, 2.75) is 51.3 Å². The van der Waals surface area contributed by atoms with E-state index in [9.17, 15) is 5.11 Å². The van der Waals surface area contributed by atoms with E-state index < -0.39 is 12.4 Å².